The molecule has 0 bridgehead atoms. The Morgan fingerprint density at radius 1 is 1.20 bits per heavy atom. The Labute approximate surface area is 130 Å². The lowest BCUT2D eigenvalue weighted by atomic mass is 10.2. The van der Waals surface area contributed by atoms with Crippen LogP contribution < -0.4 is 5.32 Å². The fourth-order valence-corrected chi connectivity index (χ4v) is 2.78. The summed E-state index contributed by atoms with van der Waals surface area (Å²) in [7, 11) is 0. The molecule has 2 rings (SSSR count). The van der Waals surface area contributed by atoms with Crippen molar-refractivity contribution in [2.24, 2.45) is 0 Å². The molecule has 5 heteroatoms. The maximum absolute atomic E-state index is 11.9. The number of rotatable bonds is 5. The van der Waals surface area contributed by atoms with E-state index in [-0.39, 0.29) is 17.2 Å². The lowest BCUT2D eigenvalue weighted by Gasteiger charge is -2.07. The van der Waals surface area contributed by atoms with Gasteiger partial charge in [0.1, 0.15) is 5.75 Å². The number of hydrogen-bond donors (Lipinski definition) is 2. The molecule has 2 aromatic rings. The molecule has 2 N–H and O–H groups in total. The number of phenolic OH excluding ortho intramolecular Hbond substituents is 1. The standard InChI is InChI=1S/C15H14BrNO2S/c16-11-6-7-13(14(18)10-11)15(19)17-8-9-20-12-4-2-1-3-5-12/h1-7,10,18H,8-9H2,(H,17,19). The van der Waals surface area contributed by atoms with Crippen molar-refractivity contribution in [1.82, 2.24) is 5.32 Å². The zero-order valence-corrected chi connectivity index (χ0v) is 13.1. The van der Waals surface area contributed by atoms with Gasteiger partial charge in [-0.15, -0.1) is 11.8 Å². The molecule has 20 heavy (non-hydrogen) atoms. The van der Waals surface area contributed by atoms with Gasteiger partial charge in [-0.2, -0.15) is 0 Å². The second kappa shape index (κ2) is 7.36. The van der Waals surface area contributed by atoms with Crippen LogP contribution in [0.5, 0.6) is 5.75 Å². The Morgan fingerprint density at radius 3 is 2.65 bits per heavy atom. The van der Waals surface area contributed by atoms with E-state index in [0.29, 0.717) is 6.54 Å². The quantitative estimate of drug-likeness (QED) is 0.638. The summed E-state index contributed by atoms with van der Waals surface area (Å²) < 4.78 is 0.742. The molecule has 0 radical (unpaired) electrons. The molecule has 0 unspecified atom stereocenters. The summed E-state index contributed by atoms with van der Waals surface area (Å²) in [6.45, 7) is 0.550. The van der Waals surface area contributed by atoms with E-state index in [2.05, 4.69) is 21.2 Å². The average molecular weight is 352 g/mol. The van der Waals surface area contributed by atoms with Gasteiger partial charge < -0.3 is 10.4 Å². The number of benzene rings is 2. The number of hydrogen-bond acceptors (Lipinski definition) is 3. The Morgan fingerprint density at radius 2 is 1.95 bits per heavy atom. The first-order chi connectivity index (χ1) is 9.66. The molecule has 104 valence electrons. The molecule has 0 aliphatic rings. The topological polar surface area (TPSA) is 49.3 Å². The maximum atomic E-state index is 11.9. The van der Waals surface area contributed by atoms with Crippen LogP contribution in [-0.2, 0) is 0 Å². The second-order valence-electron chi connectivity index (χ2n) is 4.08. The van der Waals surface area contributed by atoms with Crippen LogP contribution in [0.25, 0.3) is 0 Å². The summed E-state index contributed by atoms with van der Waals surface area (Å²) in [5.74, 6) is 0.504. The van der Waals surface area contributed by atoms with E-state index < -0.39 is 0 Å². The van der Waals surface area contributed by atoms with E-state index in [1.165, 1.54) is 11.0 Å². The summed E-state index contributed by atoms with van der Waals surface area (Å²) in [5.41, 5.74) is 0.290. The van der Waals surface area contributed by atoms with Crippen LogP contribution in [0.15, 0.2) is 57.9 Å². The number of halogens is 1. The summed E-state index contributed by atoms with van der Waals surface area (Å²) in [6, 6.07) is 14.9. The highest BCUT2D eigenvalue weighted by molar-refractivity contribution is 9.10. The molecule has 1 amide bonds. The van der Waals surface area contributed by atoms with Crippen LogP contribution in [0.1, 0.15) is 10.4 Å². The molecule has 0 saturated carbocycles. The van der Waals surface area contributed by atoms with Crippen LogP contribution in [0.2, 0.25) is 0 Å². The number of nitrogens with one attached hydrogen (secondary N) is 1. The van der Waals surface area contributed by atoms with Crippen molar-refractivity contribution in [3.05, 3.63) is 58.6 Å². The first-order valence-electron chi connectivity index (χ1n) is 6.11. The Kier molecular flexibility index (Phi) is 5.49. The maximum Gasteiger partial charge on any atom is 0.255 e. The van der Waals surface area contributed by atoms with Crippen LogP contribution in [0.3, 0.4) is 0 Å². The molecule has 2 aromatic carbocycles. The van der Waals surface area contributed by atoms with Crippen molar-refractivity contribution in [3.63, 3.8) is 0 Å². The van der Waals surface area contributed by atoms with Crippen molar-refractivity contribution in [1.29, 1.82) is 0 Å². The van der Waals surface area contributed by atoms with Gasteiger partial charge >= 0.3 is 0 Å². The van der Waals surface area contributed by atoms with Crippen LogP contribution >= 0.6 is 27.7 Å². The molecule has 3 nitrogen and oxygen atoms in total. The molecule has 0 aliphatic carbocycles. The minimum atomic E-state index is -0.260. The van der Waals surface area contributed by atoms with Crippen molar-refractivity contribution < 1.29 is 9.90 Å². The van der Waals surface area contributed by atoms with Gasteiger partial charge in [-0.1, -0.05) is 34.1 Å². The van der Waals surface area contributed by atoms with E-state index in [1.54, 1.807) is 23.9 Å². The first kappa shape index (κ1) is 14.9. The normalized spacial score (nSPS) is 10.2. The Bertz CT molecular complexity index is 590. The smallest absolute Gasteiger partial charge is 0.255 e. The van der Waals surface area contributed by atoms with Crippen LogP contribution in [0.4, 0.5) is 0 Å². The number of amides is 1. The highest BCUT2D eigenvalue weighted by atomic mass is 79.9. The lowest BCUT2D eigenvalue weighted by Crippen LogP contribution is -2.25. The lowest BCUT2D eigenvalue weighted by molar-refractivity contribution is 0.0953. The molecule has 0 aromatic heterocycles. The van der Waals surface area contributed by atoms with Crippen molar-refractivity contribution in [3.8, 4) is 5.75 Å². The molecule has 0 atom stereocenters. The van der Waals surface area contributed by atoms with Gasteiger partial charge in [-0.3, -0.25) is 4.79 Å². The highest BCUT2D eigenvalue weighted by Gasteiger charge is 2.10. The summed E-state index contributed by atoms with van der Waals surface area (Å²) >= 11 is 4.92. The van der Waals surface area contributed by atoms with Crippen molar-refractivity contribution in [2.75, 3.05) is 12.3 Å². The molecule has 0 heterocycles. The fraction of sp³-hybridized carbons (Fsp3) is 0.133. The summed E-state index contributed by atoms with van der Waals surface area (Å²) in [4.78, 5) is 13.1. The Balaban J connectivity index is 1.80. The van der Waals surface area contributed by atoms with E-state index in [0.717, 1.165) is 10.2 Å². The fourth-order valence-electron chi connectivity index (χ4n) is 1.64. The highest BCUT2D eigenvalue weighted by Crippen LogP contribution is 2.22. The van der Waals surface area contributed by atoms with Gasteiger partial charge in [0, 0.05) is 21.7 Å². The minimum absolute atomic E-state index is 0.0208. The van der Waals surface area contributed by atoms with E-state index in [4.69, 9.17) is 0 Å². The molecule has 0 fully saturated rings. The largest absolute Gasteiger partial charge is 0.507 e. The van der Waals surface area contributed by atoms with E-state index in [9.17, 15) is 9.90 Å². The van der Waals surface area contributed by atoms with Gasteiger partial charge in [-0.25, -0.2) is 0 Å². The monoisotopic (exact) mass is 351 g/mol. The molecule has 0 spiro atoms. The predicted molar refractivity (Wildman–Crippen MR) is 85.3 cm³/mol. The number of phenols is 1. The number of carbonyl (C=O) groups is 1. The summed E-state index contributed by atoms with van der Waals surface area (Å²) in [6.07, 6.45) is 0. The SMILES string of the molecule is O=C(NCCSc1ccccc1)c1ccc(Br)cc1O. The van der Waals surface area contributed by atoms with E-state index in [1.807, 2.05) is 30.3 Å². The average Bonchev–Trinajstić information content (AvgIpc) is 2.44. The first-order valence-corrected chi connectivity index (χ1v) is 7.89. The predicted octanol–water partition coefficient (Wildman–Crippen LogP) is 3.68. The Hall–Kier alpha value is -1.46. The van der Waals surface area contributed by atoms with Crippen LogP contribution in [0, 0.1) is 0 Å². The van der Waals surface area contributed by atoms with Gasteiger partial charge in [0.2, 0.25) is 0 Å². The van der Waals surface area contributed by atoms with Crippen LogP contribution in [-0.4, -0.2) is 23.3 Å². The molecule has 0 aliphatic heterocycles. The molecular weight excluding hydrogens is 338 g/mol. The second-order valence-corrected chi connectivity index (χ2v) is 6.16. The van der Waals surface area contributed by atoms with Gasteiger partial charge in [-0.05, 0) is 30.3 Å². The van der Waals surface area contributed by atoms with Gasteiger partial charge in [0.05, 0.1) is 5.56 Å². The zero-order chi connectivity index (χ0) is 14.4. The number of aromatic hydroxyl groups is 1. The zero-order valence-electron chi connectivity index (χ0n) is 10.7. The van der Waals surface area contributed by atoms with Gasteiger partial charge in [0.25, 0.3) is 5.91 Å². The third-order valence-electron chi connectivity index (χ3n) is 2.60. The van der Waals surface area contributed by atoms with Gasteiger partial charge in [0.15, 0.2) is 0 Å². The number of thioether (sulfide) groups is 1. The van der Waals surface area contributed by atoms with E-state index >= 15 is 0 Å². The number of carbonyl (C=O) groups excluding carboxylic acids is 1. The van der Waals surface area contributed by atoms with Crippen molar-refractivity contribution >= 4 is 33.6 Å². The third-order valence-corrected chi connectivity index (χ3v) is 4.11. The molecule has 0 saturated heterocycles. The summed E-state index contributed by atoms with van der Waals surface area (Å²) in [5, 5.41) is 12.5. The third kappa shape index (κ3) is 4.28. The minimum Gasteiger partial charge on any atom is -0.507 e. The molecular formula is C15H14BrNO2S. The van der Waals surface area contributed by atoms with Crippen molar-refractivity contribution in [2.45, 2.75) is 4.90 Å².